The van der Waals surface area contributed by atoms with Crippen molar-refractivity contribution in [3.8, 4) is 0 Å². The van der Waals surface area contributed by atoms with Crippen LogP contribution in [0.4, 0.5) is 0 Å². The summed E-state index contributed by atoms with van der Waals surface area (Å²) in [5.41, 5.74) is 0.609. The third-order valence-electron chi connectivity index (χ3n) is 3.41. The fourth-order valence-electron chi connectivity index (χ4n) is 2.39. The van der Waals surface area contributed by atoms with Gasteiger partial charge in [-0.15, -0.1) is 0 Å². The van der Waals surface area contributed by atoms with E-state index in [9.17, 15) is 9.59 Å². The van der Waals surface area contributed by atoms with Crippen LogP contribution >= 0.6 is 11.6 Å². The molecule has 0 aliphatic rings. The van der Waals surface area contributed by atoms with E-state index in [4.69, 9.17) is 11.6 Å². The molecule has 4 nitrogen and oxygen atoms in total. The van der Waals surface area contributed by atoms with Gasteiger partial charge in [0.1, 0.15) is 5.15 Å². The second kappa shape index (κ2) is 6.09. The molecule has 1 unspecified atom stereocenters. The highest BCUT2D eigenvalue weighted by Gasteiger charge is 2.19. The van der Waals surface area contributed by atoms with Gasteiger partial charge in [-0.25, -0.2) is 4.79 Å². The number of halogens is 1. The van der Waals surface area contributed by atoms with Crippen LogP contribution in [0.2, 0.25) is 5.15 Å². The Labute approximate surface area is 122 Å². The summed E-state index contributed by atoms with van der Waals surface area (Å²) < 4.78 is 1.26. The highest BCUT2D eigenvalue weighted by molar-refractivity contribution is 6.30. The molecule has 0 saturated carbocycles. The molecule has 0 amide bonds. The zero-order valence-electron chi connectivity index (χ0n) is 11.5. The van der Waals surface area contributed by atoms with Crippen molar-refractivity contribution >= 4 is 11.6 Å². The van der Waals surface area contributed by atoms with E-state index in [1.165, 1.54) is 4.57 Å². The van der Waals surface area contributed by atoms with Crippen LogP contribution in [0.3, 0.4) is 0 Å². The third kappa shape index (κ3) is 2.56. The molecule has 20 heavy (non-hydrogen) atoms. The molecular weight excluding hydrogens is 276 g/mol. The van der Waals surface area contributed by atoms with Gasteiger partial charge in [0, 0.05) is 0 Å². The molecule has 2 rings (SSSR count). The SMILES string of the molecule is CCc1c(Cl)[nH]c(=O)n(C(CC)c2ccccc2)c1=O. The summed E-state index contributed by atoms with van der Waals surface area (Å²) in [7, 11) is 0. The summed E-state index contributed by atoms with van der Waals surface area (Å²) in [5.74, 6) is 0. The van der Waals surface area contributed by atoms with E-state index in [-0.39, 0.29) is 16.8 Å². The van der Waals surface area contributed by atoms with E-state index < -0.39 is 5.69 Å². The molecule has 1 aromatic heterocycles. The Kier molecular flexibility index (Phi) is 4.45. The van der Waals surface area contributed by atoms with E-state index in [2.05, 4.69) is 4.98 Å². The lowest BCUT2D eigenvalue weighted by Gasteiger charge is -2.18. The summed E-state index contributed by atoms with van der Waals surface area (Å²) >= 11 is 5.93. The zero-order valence-corrected chi connectivity index (χ0v) is 12.3. The van der Waals surface area contributed by atoms with Crippen LogP contribution in [-0.4, -0.2) is 9.55 Å². The molecule has 2 aromatic rings. The molecule has 5 heteroatoms. The van der Waals surface area contributed by atoms with Gasteiger partial charge in [0.15, 0.2) is 0 Å². The van der Waals surface area contributed by atoms with Crippen molar-refractivity contribution in [1.82, 2.24) is 9.55 Å². The Bertz CT molecular complexity index is 704. The Hall–Kier alpha value is -1.81. The topological polar surface area (TPSA) is 54.9 Å². The maximum absolute atomic E-state index is 12.5. The Balaban J connectivity index is 2.68. The Morgan fingerprint density at radius 1 is 1.20 bits per heavy atom. The minimum atomic E-state index is -0.465. The van der Waals surface area contributed by atoms with E-state index in [0.717, 1.165) is 5.56 Å². The average molecular weight is 293 g/mol. The van der Waals surface area contributed by atoms with Crippen molar-refractivity contribution in [2.24, 2.45) is 0 Å². The monoisotopic (exact) mass is 292 g/mol. The molecule has 1 N–H and O–H groups in total. The Morgan fingerprint density at radius 3 is 2.40 bits per heavy atom. The van der Waals surface area contributed by atoms with E-state index in [1.807, 2.05) is 44.2 Å². The highest BCUT2D eigenvalue weighted by Crippen LogP contribution is 2.19. The Morgan fingerprint density at radius 2 is 1.85 bits per heavy atom. The lowest BCUT2D eigenvalue weighted by molar-refractivity contribution is 0.517. The van der Waals surface area contributed by atoms with Crippen LogP contribution in [0, 0.1) is 0 Å². The molecule has 0 fully saturated rings. The summed E-state index contributed by atoms with van der Waals surface area (Å²) in [6.07, 6.45) is 1.14. The van der Waals surface area contributed by atoms with Gasteiger partial charge in [0.2, 0.25) is 0 Å². The zero-order chi connectivity index (χ0) is 14.7. The second-order valence-electron chi connectivity index (χ2n) is 4.59. The normalized spacial score (nSPS) is 12.3. The van der Waals surface area contributed by atoms with Crippen LogP contribution < -0.4 is 11.2 Å². The number of H-pyrrole nitrogens is 1. The van der Waals surface area contributed by atoms with Gasteiger partial charge in [-0.3, -0.25) is 14.3 Å². The van der Waals surface area contributed by atoms with Crippen molar-refractivity contribution in [1.29, 1.82) is 0 Å². The molecule has 0 saturated heterocycles. The fourth-order valence-corrected chi connectivity index (χ4v) is 2.69. The quantitative estimate of drug-likeness (QED) is 0.881. The number of rotatable bonds is 4. The fraction of sp³-hybridized carbons (Fsp3) is 0.333. The van der Waals surface area contributed by atoms with Crippen molar-refractivity contribution in [2.45, 2.75) is 32.7 Å². The molecule has 1 heterocycles. The van der Waals surface area contributed by atoms with Gasteiger partial charge in [-0.2, -0.15) is 0 Å². The first-order valence-electron chi connectivity index (χ1n) is 6.68. The molecule has 1 aromatic carbocycles. The molecular formula is C15H17ClN2O2. The van der Waals surface area contributed by atoms with Crippen LogP contribution in [0.5, 0.6) is 0 Å². The molecule has 0 aliphatic heterocycles. The standard InChI is InChI=1S/C15H17ClN2O2/c1-3-11-13(16)17-15(20)18(14(11)19)12(4-2)10-8-6-5-7-9-10/h5-9,12H,3-4H2,1-2H3,(H,17,20). The number of aromatic amines is 1. The number of aromatic nitrogens is 2. The van der Waals surface area contributed by atoms with E-state index >= 15 is 0 Å². The average Bonchev–Trinajstić information content (AvgIpc) is 2.44. The smallest absolute Gasteiger partial charge is 0.297 e. The van der Waals surface area contributed by atoms with Crippen LogP contribution in [0.1, 0.15) is 37.4 Å². The van der Waals surface area contributed by atoms with Crippen LogP contribution in [0.25, 0.3) is 0 Å². The number of benzene rings is 1. The van der Waals surface area contributed by atoms with E-state index in [1.54, 1.807) is 0 Å². The van der Waals surface area contributed by atoms with Crippen molar-refractivity contribution < 1.29 is 0 Å². The summed E-state index contributed by atoms with van der Waals surface area (Å²) in [5, 5.41) is 0.140. The van der Waals surface area contributed by atoms with Gasteiger partial charge < -0.3 is 0 Å². The van der Waals surface area contributed by atoms with Crippen LogP contribution in [0.15, 0.2) is 39.9 Å². The number of hydrogen-bond acceptors (Lipinski definition) is 2. The first-order valence-corrected chi connectivity index (χ1v) is 7.06. The van der Waals surface area contributed by atoms with E-state index in [0.29, 0.717) is 18.4 Å². The third-order valence-corrected chi connectivity index (χ3v) is 3.74. The molecule has 106 valence electrons. The maximum atomic E-state index is 12.5. The summed E-state index contributed by atoms with van der Waals surface area (Å²) in [6, 6.07) is 9.25. The summed E-state index contributed by atoms with van der Waals surface area (Å²) in [4.78, 5) is 27.2. The lowest BCUT2D eigenvalue weighted by atomic mass is 10.0. The lowest BCUT2D eigenvalue weighted by Crippen LogP contribution is -2.40. The molecule has 0 spiro atoms. The predicted molar refractivity (Wildman–Crippen MR) is 80.6 cm³/mol. The number of hydrogen-bond donors (Lipinski definition) is 1. The molecule has 0 aliphatic carbocycles. The minimum Gasteiger partial charge on any atom is -0.297 e. The maximum Gasteiger partial charge on any atom is 0.330 e. The minimum absolute atomic E-state index is 0.140. The van der Waals surface area contributed by atoms with Crippen LogP contribution in [-0.2, 0) is 6.42 Å². The molecule has 1 atom stereocenters. The number of nitrogens with one attached hydrogen (secondary N) is 1. The predicted octanol–water partition coefficient (Wildman–Crippen LogP) is 2.75. The first kappa shape index (κ1) is 14.6. The second-order valence-corrected chi connectivity index (χ2v) is 4.96. The first-order chi connectivity index (χ1) is 9.60. The van der Waals surface area contributed by atoms with Gasteiger partial charge in [-0.1, -0.05) is 55.8 Å². The van der Waals surface area contributed by atoms with Crippen molar-refractivity contribution in [3.63, 3.8) is 0 Å². The number of nitrogens with zero attached hydrogens (tertiary/aromatic N) is 1. The van der Waals surface area contributed by atoms with Gasteiger partial charge in [0.05, 0.1) is 11.6 Å². The van der Waals surface area contributed by atoms with Crippen molar-refractivity contribution in [3.05, 3.63) is 67.4 Å². The summed E-state index contributed by atoms with van der Waals surface area (Å²) in [6.45, 7) is 3.79. The largest absolute Gasteiger partial charge is 0.330 e. The van der Waals surface area contributed by atoms with Gasteiger partial charge in [-0.05, 0) is 18.4 Å². The highest BCUT2D eigenvalue weighted by atomic mass is 35.5. The van der Waals surface area contributed by atoms with Gasteiger partial charge in [0.25, 0.3) is 5.56 Å². The molecule has 0 bridgehead atoms. The van der Waals surface area contributed by atoms with Gasteiger partial charge >= 0.3 is 5.69 Å². The molecule has 0 radical (unpaired) electrons. The van der Waals surface area contributed by atoms with Crippen molar-refractivity contribution in [2.75, 3.05) is 0 Å².